The highest BCUT2D eigenvalue weighted by atomic mass is 35.5. The Morgan fingerprint density at radius 2 is 2.00 bits per heavy atom. The smallest absolute Gasteiger partial charge is 0.325 e. The molecule has 6 nitrogen and oxygen atoms in total. The van der Waals surface area contributed by atoms with Crippen LogP contribution in [0.15, 0.2) is 42.1 Å². The average Bonchev–Trinajstić information content (AvgIpc) is 3.48. The molecule has 0 radical (unpaired) electrons. The van der Waals surface area contributed by atoms with Gasteiger partial charge in [0.15, 0.2) is 5.78 Å². The van der Waals surface area contributed by atoms with Crippen LogP contribution in [0, 0.1) is 11.7 Å². The molecule has 2 aromatic rings. The quantitative estimate of drug-likeness (QED) is 0.611. The van der Waals surface area contributed by atoms with Gasteiger partial charge in [-0.3, -0.25) is 19.2 Å². The number of carboxylic acid groups (broad SMARTS) is 1. The van der Waals surface area contributed by atoms with E-state index in [1.807, 2.05) is 11.0 Å². The molecule has 0 spiro atoms. The van der Waals surface area contributed by atoms with E-state index in [1.165, 1.54) is 10.7 Å². The largest absolute Gasteiger partial charge is 0.480 e. The molecule has 9 heteroatoms. The van der Waals surface area contributed by atoms with Gasteiger partial charge in [-0.2, -0.15) is 17.7 Å². The molecular weight excluding hydrogens is 441 g/mol. The first-order valence-electron chi connectivity index (χ1n) is 10.1. The Bertz CT molecular complexity index is 992. The molecule has 1 N–H and O–H groups in total. The van der Waals surface area contributed by atoms with Crippen LogP contribution < -0.4 is 0 Å². The van der Waals surface area contributed by atoms with E-state index in [0.29, 0.717) is 30.8 Å². The van der Waals surface area contributed by atoms with E-state index in [4.69, 9.17) is 17.7 Å². The van der Waals surface area contributed by atoms with Crippen LogP contribution in [0.1, 0.15) is 36.6 Å². The third-order valence-corrected chi connectivity index (χ3v) is 6.28. The molecule has 166 valence electrons. The van der Waals surface area contributed by atoms with Gasteiger partial charge in [-0.25, -0.2) is 4.39 Å². The summed E-state index contributed by atoms with van der Waals surface area (Å²) in [5.74, 6) is -1.25. The zero-order chi connectivity index (χ0) is 21.3. The number of aromatic nitrogens is 2. The zero-order valence-electron chi connectivity index (χ0n) is 16.9. The number of piperidine rings is 1. The number of benzene rings is 1. The molecule has 2 heterocycles. The Morgan fingerprint density at radius 1 is 1.26 bits per heavy atom. The van der Waals surface area contributed by atoms with E-state index in [1.54, 1.807) is 30.5 Å². The van der Waals surface area contributed by atoms with E-state index in [-0.39, 0.29) is 41.7 Å². The summed E-state index contributed by atoms with van der Waals surface area (Å²) in [7, 11) is 0. The molecule has 1 saturated heterocycles. The molecule has 1 aromatic heterocycles. The van der Waals surface area contributed by atoms with Crippen LogP contribution in [0.4, 0.5) is 4.39 Å². The van der Waals surface area contributed by atoms with Crippen LogP contribution in [-0.2, 0) is 16.1 Å². The lowest BCUT2D eigenvalue weighted by Crippen LogP contribution is -2.42. The average molecular weight is 466 g/mol. The van der Waals surface area contributed by atoms with Gasteiger partial charge in [0.05, 0.1) is 11.7 Å². The predicted octanol–water partition coefficient (Wildman–Crippen LogP) is 3.64. The van der Waals surface area contributed by atoms with Gasteiger partial charge in [0.1, 0.15) is 12.4 Å². The molecule has 31 heavy (non-hydrogen) atoms. The summed E-state index contributed by atoms with van der Waals surface area (Å²) in [5.41, 5.74) is 2.05. The van der Waals surface area contributed by atoms with Crippen molar-refractivity contribution >= 4 is 42.9 Å². The summed E-state index contributed by atoms with van der Waals surface area (Å²) < 4.78 is 16.0. The Hall–Kier alpha value is -2.16. The number of ketones is 1. The molecule has 1 aliphatic heterocycles. The molecule has 0 amide bonds. The van der Waals surface area contributed by atoms with Gasteiger partial charge in [-0.05, 0) is 43.0 Å². The number of carbonyl (C=O) groups is 2. The van der Waals surface area contributed by atoms with Crippen molar-refractivity contribution < 1.29 is 19.1 Å². The summed E-state index contributed by atoms with van der Waals surface area (Å²) in [6.45, 7) is 0.867. The number of halogens is 2. The lowest BCUT2D eigenvalue weighted by atomic mass is 9.93. The second-order valence-electron chi connectivity index (χ2n) is 7.90. The maximum atomic E-state index is 14.6. The molecule has 2 atom stereocenters. The SMILES string of the molecule is Cl.O=C(O)Cn1nccc1C=C1CN(C(C(=O)C2CC2)c2ccccc2F)CCC1S. The number of nitrogens with zero attached hydrogens (tertiary/aromatic N) is 3. The molecular formula is C22H25ClFN3O3S. The lowest BCUT2D eigenvalue weighted by Gasteiger charge is -2.37. The van der Waals surface area contributed by atoms with Crippen LogP contribution in [-0.4, -0.2) is 49.9 Å². The van der Waals surface area contributed by atoms with Gasteiger partial charge >= 0.3 is 5.97 Å². The monoisotopic (exact) mass is 465 g/mol. The highest BCUT2D eigenvalue weighted by molar-refractivity contribution is 7.81. The molecule has 1 saturated carbocycles. The number of Topliss-reactive ketones (excluding diaryl/α,β-unsaturated/α-hetero) is 1. The fourth-order valence-electron chi connectivity index (χ4n) is 3.99. The van der Waals surface area contributed by atoms with Crippen molar-refractivity contribution in [2.45, 2.75) is 37.1 Å². The molecule has 2 unspecified atom stereocenters. The van der Waals surface area contributed by atoms with E-state index >= 15 is 0 Å². The van der Waals surface area contributed by atoms with Crippen LogP contribution in [0.5, 0.6) is 0 Å². The van der Waals surface area contributed by atoms with Crippen molar-refractivity contribution in [1.82, 2.24) is 14.7 Å². The van der Waals surface area contributed by atoms with Gasteiger partial charge in [0, 0.05) is 36.0 Å². The number of hydrogen-bond acceptors (Lipinski definition) is 5. The highest BCUT2D eigenvalue weighted by Gasteiger charge is 2.40. The second kappa shape index (κ2) is 9.97. The van der Waals surface area contributed by atoms with Crippen LogP contribution in [0.25, 0.3) is 6.08 Å². The van der Waals surface area contributed by atoms with E-state index in [2.05, 4.69) is 5.10 Å². The third kappa shape index (κ3) is 5.37. The minimum Gasteiger partial charge on any atom is -0.480 e. The third-order valence-electron chi connectivity index (χ3n) is 5.69. The van der Waals surface area contributed by atoms with Crippen LogP contribution >= 0.6 is 25.0 Å². The van der Waals surface area contributed by atoms with Crippen molar-refractivity contribution in [3.8, 4) is 0 Å². The number of hydrogen-bond donors (Lipinski definition) is 2. The normalized spacial score (nSPS) is 21.5. The minimum absolute atomic E-state index is 0. The maximum Gasteiger partial charge on any atom is 0.325 e. The first-order valence-corrected chi connectivity index (χ1v) is 10.6. The number of aliphatic carboxylic acids is 1. The lowest BCUT2D eigenvalue weighted by molar-refractivity contribution is -0.138. The standard InChI is InChI=1S/C22H24FN3O3S.ClH/c23-18-4-2-1-3-17(18)21(22(29)14-5-6-14)25-10-8-19(30)15(12-25)11-16-7-9-24-26(16)13-20(27)28;/h1-4,7,9,11,14,19,21,30H,5-6,8,10,12-13H2,(H,27,28);1H. The Morgan fingerprint density at radius 3 is 2.68 bits per heavy atom. The van der Waals surface area contributed by atoms with Gasteiger partial charge < -0.3 is 5.11 Å². The number of carbonyl (C=O) groups excluding carboxylic acids is 1. The Balaban J connectivity index is 0.00000272. The molecule has 1 aromatic carbocycles. The molecule has 0 bridgehead atoms. The summed E-state index contributed by atoms with van der Waals surface area (Å²) >= 11 is 4.69. The summed E-state index contributed by atoms with van der Waals surface area (Å²) in [6, 6.07) is 7.61. The van der Waals surface area contributed by atoms with Gasteiger partial charge in [-0.1, -0.05) is 18.2 Å². The van der Waals surface area contributed by atoms with Crippen LogP contribution in [0.2, 0.25) is 0 Å². The number of likely N-dealkylation sites (tertiary alicyclic amines) is 1. The van der Waals surface area contributed by atoms with Crippen LogP contribution in [0.3, 0.4) is 0 Å². The molecule has 4 rings (SSSR count). The first-order chi connectivity index (χ1) is 14.4. The topological polar surface area (TPSA) is 75.4 Å². The maximum absolute atomic E-state index is 14.6. The van der Waals surface area contributed by atoms with Crippen molar-refractivity contribution in [3.63, 3.8) is 0 Å². The van der Waals surface area contributed by atoms with E-state index in [0.717, 1.165) is 18.4 Å². The summed E-state index contributed by atoms with van der Waals surface area (Å²) in [6.07, 6.45) is 5.89. The highest BCUT2D eigenvalue weighted by Crippen LogP contribution is 2.39. The fourth-order valence-corrected chi connectivity index (χ4v) is 4.26. The van der Waals surface area contributed by atoms with Crippen molar-refractivity contribution in [2.75, 3.05) is 13.1 Å². The molecule has 1 aliphatic carbocycles. The van der Waals surface area contributed by atoms with Gasteiger partial charge in [-0.15, -0.1) is 12.4 Å². The zero-order valence-corrected chi connectivity index (χ0v) is 18.6. The van der Waals surface area contributed by atoms with E-state index < -0.39 is 12.0 Å². The van der Waals surface area contributed by atoms with E-state index in [9.17, 15) is 14.0 Å². The minimum atomic E-state index is -0.972. The second-order valence-corrected chi connectivity index (χ2v) is 8.53. The Labute approximate surface area is 191 Å². The molecule has 2 aliphatic rings. The molecule has 2 fully saturated rings. The van der Waals surface area contributed by atoms with Crippen molar-refractivity contribution in [2.24, 2.45) is 5.92 Å². The van der Waals surface area contributed by atoms with Crippen molar-refractivity contribution in [3.05, 3.63) is 59.2 Å². The first kappa shape index (κ1) is 23.5. The number of carboxylic acids is 1. The fraction of sp³-hybridized carbons (Fsp3) is 0.409. The van der Waals surface area contributed by atoms with Gasteiger partial charge in [0.25, 0.3) is 0 Å². The number of rotatable bonds is 7. The summed E-state index contributed by atoms with van der Waals surface area (Å²) in [4.78, 5) is 26.2. The summed E-state index contributed by atoms with van der Waals surface area (Å²) in [5, 5.41) is 13.1. The van der Waals surface area contributed by atoms with Crippen molar-refractivity contribution in [1.29, 1.82) is 0 Å². The van der Waals surface area contributed by atoms with Gasteiger partial charge in [0.2, 0.25) is 0 Å². The Kier molecular flexibility index (Phi) is 7.56. The predicted molar refractivity (Wildman–Crippen MR) is 121 cm³/mol. The number of thiol groups is 1.